The van der Waals surface area contributed by atoms with Crippen molar-refractivity contribution in [2.75, 3.05) is 12.4 Å². The highest BCUT2D eigenvalue weighted by molar-refractivity contribution is 8.00. The Hall–Kier alpha value is -3.59. The molecule has 0 aliphatic heterocycles. The van der Waals surface area contributed by atoms with Gasteiger partial charge in [0.2, 0.25) is 5.91 Å². The molecule has 0 saturated heterocycles. The summed E-state index contributed by atoms with van der Waals surface area (Å²) in [5.41, 5.74) is 2.16. The number of nitrogens with one attached hydrogen (secondary N) is 1. The molecule has 2 aromatic carbocycles. The maximum atomic E-state index is 12.9. The summed E-state index contributed by atoms with van der Waals surface area (Å²) in [6, 6.07) is 19.7. The lowest BCUT2D eigenvalue weighted by Gasteiger charge is -2.15. The molecule has 1 amide bonds. The van der Waals surface area contributed by atoms with Crippen molar-refractivity contribution in [3.63, 3.8) is 0 Å². The summed E-state index contributed by atoms with van der Waals surface area (Å²) in [7, 11) is 1.64. The monoisotopic (exact) mass is 477 g/mol. The summed E-state index contributed by atoms with van der Waals surface area (Å²) in [6.07, 6.45) is 1.44. The zero-order valence-corrected chi connectivity index (χ0v) is 20.2. The fourth-order valence-electron chi connectivity index (χ4n) is 3.50. The van der Waals surface area contributed by atoms with Gasteiger partial charge in [0, 0.05) is 18.2 Å². The Balaban J connectivity index is 1.59. The summed E-state index contributed by atoms with van der Waals surface area (Å²) < 4.78 is 12.4. The van der Waals surface area contributed by atoms with Gasteiger partial charge in [-0.05, 0) is 49.6 Å². The first kappa shape index (κ1) is 23.6. The number of nitrogens with zero attached hydrogens (tertiary/aromatic N) is 4. The van der Waals surface area contributed by atoms with E-state index in [2.05, 4.69) is 37.4 Å². The number of aryl methyl sites for hydroxylation is 2. The number of aromatic nitrogens is 4. The Kier molecular flexibility index (Phi) is 7.64. The van der Waals surface area contributed by atoms with Crippen molar-refractivity contribution in [2.45, 2.75) is 43.6 Å². The lowest BCUT2D eigenvalue weighted by atomic mass is 10.1. The molecule has 176 valence electrons. The Morgan fingerprint density at radius 1 is 1.15 bits per heavy atom. The van der Waals surface area contributed by atoms with E-state index in [4.69, 9.17) is 9.26 Å². The zero-order chi connectivity index (χ0) is 23.9. The molecule has 4 rings (SSSR count). The molecule has 0 aliphatic carbocycles. The molecular formula is C25H27N5O3S. The maximum absolute atomic E-state index is 12.9. The summed E-state index contributed by atoms with van der Waals surface area (Å²) in [5, 5.41) is 16.0. The third-order valence-electron chi connectivity index (χ3n) is 5.32. The SMILES string of the molecule is CCC(Sc1nnc(-c2ccc(OC)cc2)n1CCc1ccccc1)C(=O)Nc1cc(C)on1. The second-order valence-electron chi connectivity index (χ2n) is 7.75. The molecule has 34 heavy (non-hydrogen) atoms. The average Bonchev–Trinajstić information content (AvgIpc) is 3.47. The number of thioether (sulfide) groups is 1. The molecule has 0 aliphatic rings. The topological polar surface area (TPSA) is 95.1 Å². The lowest BCUT2D eigenvalue weighted by molar-refractivity contribution is -0.115. The minimum atomic E-state index is -0.361. The zero-order valence-electron chi connectivity index (χ0n) is 19.4. The van der Waals surface area contributed by atoms with Gasteiger partial charge in [0.05, 0.1) is 12.4 Å². The standard InChI is InChI=1S/C25H27N5O3S/c1-4-21(24(31)26-22-16-17(2)33-29-22)34-25-28-27-23(19-10-12-20(32-3)13-11-19)30(25)15-14-18-8-6-5-7-9-18/h5-13,16,21H,4,14-15H2,1-3H3,(H,26,29,31). The maximum Gasteiger partial charge on any atom is 0.239 e. The van der Waals surface area contributed by atoms with Gasteiger partial charge in [-0.2, -0.15) is 0 Å². The minimum absolute atomic E-state index is 0.149. The summed E-state index contributed by atoms with van der Waals surface area (Å²) in [5.74, 6) is 2.43. The number of carbonyl (C=O) groups is 1. The van der Waals surface area contributed by atoms with Gasteiger partial charge in [-0.1, -0.05) is 54.2 Å². The van der Waals surface area contributed by atoms with Crippen LogP contribution in [0.25, 0.3) is 11.4 Å². The highest BCUT2D eigenvalue weighted by Gasteiger charge is 2.24. The molecule has 0 spiro atoms. The minimum Gasteiger partial charge on any atom is -0.497 e. The van der Waals surface area contributed by atoms with Gasteiger partial charge in [-0.25, -0.2) is 0 Å². The fourth-order valence-corrected chi connectivity index (χ4v) is 4.48. The molecule has 2 aromatic heterocycles. The van der Waals surface area contributed by atoms with E-state index in [1.807, 2.05) is 49.4 Å². The summed E-state index contributed by atoms with van der Waals surface area (Å²) >= 11 is 1.40. The molecular weight excluding hydrogens is 450 g/mol. The van der Waals surface area contributed by atoms with Crippen molar-refractivity contribution in [1.82, 2.24) is 19.9 Å². The van der Waals surface area contributed by atoms with Crippen molar-refractivity contribution in [3.8, 4) is 17.1 Å². The van der Waals surface area contributed by atoms with Gasteiger partial charge < -0.3 is 19.1 Å². The number of ether oxygens (including phenoxy) is 1. The van der Waals surface area contributed by atoms with Crippen LogP contribution < -0.4 is 10.1 Å². The van der Waals surface area contributed by atoms with E-state index >= 15 is 0 Å². The molecule has 1 N–H and O–H groups in total. The van der Waals surface area contributed by atoms with E-state index in [1.54, 1.807) is 20.1 Å². The summed E-state index contributed by atoms with van der Waals surface area (Å²) in [6.45, 7) is 4.44. The highest BCUT2D eigenvalue weighted by Crippen LogP contribution is 2.30. The molecule has 0 fully saturated rings. The number of anilines is 1. The quantitative estimate of drug-likeness (QED) is 0.321. The van der Waals surface area contributed by atoms with E-state index < -0.39 is 0 Å². The molecule has 0 bridgehead atoms. The van der Waals surface area contributed by atoms with Crippen molar-refractivity contribution in [1.29, 1.82) is 0 Å². The second-order valence-corrected chi connectivity index (χ2v) is 8.92. The first-order valence-corrected chi connectivity index (χ1v) is 12.0. The van der Waals surface area contributed by atoms with Crippen molar-refractivity contribution < 1.29 is 14.1 Å². The molecule has 1 unspecified atom stereocenters. The normalized spacial score (nSPS) is 11.9. The van der Waals surface area contributed by atoms with E-state index in [-0.39, 0.29) is 11.2 Å². The van der Waals surface area contributed by atoms with Crippen LogP contribution in [-0.4, -0.2) is 38.2 Å². The molecule has 0 saturated carbocycles. The van der Waals surface area contributed by atoms with Gasteiger partial charge in [0.25, 0.3) is 0 Å². The Morgan fingerprint density at radius 2 is 1.91 bits per heavy atom. The third kappa shape index (κ3) is 5.66. The summed E-state index contributed by atoms with van der Waals surface area (Å²) in [4.78, 5) is 12.9. The largest absolute Gasteiger partial charge is 0.497 e. The van der Waals surface area contributed by atoms with Crippen LogP contribution in [0, 0.1) is 6.92 Å². The predicted octanol–water partition coefficient (Wildman–Crippen LogP) is 5.00. The average molecular weight is 478 g/mol. The van der Waals surface area contributed by atoms with Gasteiger partial charge >= 0.3 is 0 Å². The van der Waals surface area contributed by atoms with Crippen LogP contribution in [-0.2, 0) is 17.8 Å². The van der Waals surface area contributed by atoms with E-state index in [0.29, 0.717) is 29.7 Å². The van der Waals surface area contributed by atoms with E-state index in [1.165, 1.54) is 17.3 Å². The Morgan fingerprint density at radius 3 is 2.56 bits per heavy atom. The lowest BCUT2D eigenvalue weighted by Crippen LogP contribution is -2.25. The molecule has 2 heterocycles. The molecule has 1 atom stereocenters. The second kappa shape index (κ2) is 11.0. The number of amides is 1. The number of rotatable bonds is 10. The van der Waals surface area contributed by atoms with Crippen molar-refractivity contribution in [2.24, 2.45) is 0 Å². The molecule has 4 aromatic rings. The van der Waals surface area contributed by atoms with E-state index in [0.717, 1.165) is 23.6 Å². The molecule has 0 radical (unpaired) electrons. The first-order valence-electron chi connectivity index (χ1n) is 11.1. The first-order chi connectivity index (χ1) is 16.6. The van der Waals surface area contributed by atoms with Crippen LogP contribution in [0.5, 0.6) is 5.75 Å². The third-order valence-corrected chi connectivity index (χ3v) is 6.67. The number of hydrogen-bond acceptors (Lipinski definition) is 7. The Labute approximate surface area is 202 Å². The predicted molar refractivity (Wildman–Crippen MR) is 132 cm³/mol. The smallest absolute Gasteiger partial charge is 0.239 e. The highest BCUT2D eigenvalue weighted by atomic mass is 32.2. The van der Waals surface area contributed by atoms with Crippen LogP contribution in [0.1, 0.15) is 24.7 Å². The van der Waals surface area contributed by atoms with Crippen LogP contribution in [0.3, 0.4) is 0 Å². The van der Waals surface area contributed by atoms with Gasteiger partial charge in [-0.3, -0.25) is 4.79 Å². The Bertz CT molecular complexity index is 1220. The number of hydrogen-bond donors (Lipinski definition) is 1. The number of benzene rings is 2. The van der Waals surface area contributed by atoms with Crippen molar-refractivity contribution in [3.05, 3.63) is 72.0 Å². The fraction of sp³-hybridized carbons (Fsp3) is 0.280. The van der Waals surface area contributed by atoms with Gasteiger partial charge in [0.1, 0.15) is 11.5 Å². The molecule has 8 nitrogen and oxygen atoms in total. The van der Waals surface area contributed by atoms with Gasteiger partial charge in [0.15, 0.2) is 16.8 Å². The van der Waals surface area contributed by atoms with Crippen LogP contribution in [0.4, 0.5) is 5.82 Å². The van der Waals surface area contributed by atoms with Crippen molar-refractivity contribution >= 4 is 23.5 Å². The number of methoxy groups -OCH3 is 1. The number of carbonyl (C=O) groups excluding carboxylic acids is 1. The van der Waals surface area contributed by atoms with Crippen LogP contribution >= 0.6 is 11.8 Å². The van der Waals surface area contributed by atoms with Gasteiger partial charge in [-0.15, -0.1) is 10.2 Å². The van der Waals surface area contributed by atoms with Crippen LogP contribution in [0.15, 0.2) is 70.3 Å². The van der Waals surface area contributed by atoms with Crippen LogP contribution in [0.2, 0.25) is 0 Å². The van der Waals surface area contributed by atoms with E-state index in [9.17, 15) is 4.79 Å². The molecule has 9 heteroatoms.